The number of nitrogen functional groups attached to an aromatic ring is 1. The number of nitrogens with one attached hydrogen (secondary N) is 1. The molecule has 0 fully saturated rings. The second-order valence-electron chi connectivity index (χ2n) is 2.66. The van der Waals surface area contributed by atoms with Crippen molar-refractivity contribution in [3.63, 3.8) is 0 Å². The summed E-state index contributed by atoms with van der Waals surface area (Å²) in [4.78, 5) is 0. The molecule has 0 atom stereocenters. The first-order valence-electron chi connectivity index (χ1n) is 4.02. The van der Waals surface area contributed by atoms with Gasteiger partial charge in [-0.15, -0.1) is 0 Å². The lowest BCUT2D eigenvalue weighted by Gasteiger charge is -2.07. The monoisotopic (exact) mass is 260 g/mol. The molecule has 1 aromatic carbocycles. The van der Waals surface area contributed by atoms with Gasteiger partial charge in [0.05, 0.1) is 0 Å². The third-order valence-electron chi connectivity index (χ3n) is 1.61. The summed E-state index contributed by atoms with van der Waals surface area (Å²) in [5, 5.41) is 3.32. The summed E-state index contributed by atoms with van der Waals surface area (Å²) in [6.45, 7) is 0.976. The maximum absolute atomic E-state index is 5.62. The van der Waals surface area contributed by atoms with Crippen LogP contribution in [-0.4, -0.2) is 18.6 Å². The van der Waals surface area contributed by atoms with Gasteiger partial charge in [-0.25, -0.2) is 0 Å². The Hall–Kier alpha value is -0.350. The molecule has 0 saturated heterocycles. The average Bonchev–Trinajstić information content (AvgIpc) is 2.09. The Labute approximate surface area is 91.4 Å². The molecule has 0 heterocycles. The van der Waals surface area contributed by atoms with E-state index in [2.05, 4.69) is 27.5 Å². The molecule has 13 heavy (non-hydrogen) atoms. The number of nitrogens with two attached hydrogens (primary N) is 1. The SMILES string of the molecule is CSCCNc1ccc(N)cc1Br. The maximum atomic E-state index is 5.62. The normalized spacial score (nSPS) is 10.0. The molecule has 0 amide bonds. The van der Waals surface area contributed by atoms with Crippen molar-refractivity contribution in [2.45, 2.75) is 0 Å². The second-order valence-corrected chi connectivity index (χ2v) is 4.50. The van der Waals surface area contributed by atoms with Gasteiger partial charge in [-0.05, 0) is 40.4 Å². The molecule has 2 nitrogen and oxygen atoms in total. The van der Waals surface area contributed by atoms with E-state index in [9.17, 15) is 0 Å². The molecule has 0 bridgehead atoms. The number of benzene rings is 1. The van der Waals surface area contributed by atoms with Gasteiger partial charge in [0.1, 0.15) is 0 Å². The Morgan fingerprint density at radius 2 is 2.31 bits per heavy atom. The lowest BCUT2D eigenvalue weighted by Crippen LogP contribution is -2.04. The van der Waals surface area contributed by atoms with E-state index in [1.807, 2.05) is 30.0 Å². The molecule has 72 valence electrons. The summed E-state index contributed by atoms with van der Waals surface area (Å²) in [7, 11) is 0. The van der Waals surface area contributed by atoms with Gasteiger partial charge in [0.2, 0.25) is 0 Å². The fourth-order valence-electron chi connectivity index (χ4n) is 0.962. The first-order chi connectivity index (χ1) is 6.24. The average molecular weight is 261 g/mol. The van der Waals surface area contributed by atoms with Crippen LogP contribution < -0.4 is 11.1 Å². The molecule has 0 aliphatic rings. The largest absolute Gasteiger partial charge is 0.399 e. The summed E-state index contributed by atoms with van der Waals surface area (Å²) >= 11 is 5.28. The van der Waals surface area contributed by atoms with Gasteiger partial charge in [0, 0.05) is 28.1 Å². The summed E-state index contributed by atoms with van der Waals surface area (Å²) in [5.74, 6) is 1.11. The topological polar surface area (TPSA) is 38.0 Å². The second kappa shape index (κ2) is 5.40. The van der Waals surface area contributed by atoms with Gasteiger partial charge < -0.3 is 11.1 Å². The molecular weight excluding hydrogens is 248 g/mol. The van der Waals surface area contributed by atoms with Crippen molar-refractivity contribution in [2.24, 2.45) is 0 Å². The summed E-state index contributed by atoms with van der Waals surface area (Å²) < 4.78 is 1.02. The Kier molecular flexibility index (Phi) is 4.45. The van der Waals surface area contributed by atoms with Crippen molar-refractivity contribution in [1.82, 2.24) is 0 Å². The molecule has 0 aliphatic heterocycles. The van der Waals surface area contributed by atoms with E-state index in [1.165, 1.54) is 0 Å². The third-order valence-corrected chi connectivity index (χ3v) is 2.88. The first-order valence-corrected chi connectivity index (χ1v) is 6.20. The van der Waals surface area contributed by atoms with Crippen LogP contribution in [0.3, 0.4) is 0 Å². The smallest absolute Gasteiger partial charge is 0.0486 e. The minimum atomic E-state index is 0.780. The Bertz CT molecular complexity index is 278. The molecule has 0 aliphatic carbocycles. The number of hydrogen-bond acceptors (Lipinski definition) is 3. The van der Waals surface area contributed by atoms with Crippen LogP contribution in [0.25, 0.3) is 0 Å². The van der Waals surface area contributed by atoms with E-state index in [0.717, 1.165) is 28.1 Å². The van der Waals surface area contributed by atoms with Crippen molar-refractivity contribution >= 4 is 39.1 Å². The molecule has 0 unspecified atom stereocenters. The van der Waals surface area contributed by atoms with Gasteiger partial charge >= 0.3 is 0 Å². The van der Waals surface area contributed by atoms with E-state index >= 15 is 0 Å². The van der Waals surface area contributed by atoms with Crippen LogP contribution in [0.5, 0.6) is 0 Å². The van der Waals surface area contributed by atoms with E-state index in [1.54, 1.807) is 0 Å². The van der Waals surface area contributed by atoms with Gasteiger partial charge in [0.25, 0.3) is 0 Å². The minimum Gasteiger partial charge on any atom is -0.399 e. The van der Waals surface area contributed by atoms with Crippen LogP contribution in [0.4, 0.5) is 11.4 Å². The van der Waals surface area contributed by atoms with Crippen molar-refractivity contribution < 1.29 is 0 Å². The Morgan fingerprint density at radius 1 is 1.54 bits per heavy atom. The highest BCUT2D eigenvalue weighted by molar-refractivity contribution is 9.10. The summed E-state index contributed by atoms with van der Waals surface area (Å²) in [6, 6.07) is 5.79. The molecule has 4 heteroatoms. The predicted molar refractivity (Wildman–Crippen MR) is 65.4 cm³/mol. The zero-order chi connectivity index (χ0) is 9.68. The van der Waals surface area contributed by atoms with Crippen LogP contribution >= 0.6 is 27.7 Å². The van der Waals surface area contributed by atoms with Gasteiger partial charge in [-0.2, -0.15) is 11.8 Å². The standard InChI is InChI=1S/C9H13BrN2S/c1-13-5-4-12-9-3-2-7(11)6-8(9)10/h2-3,6,12H,4-5,11H2,1H3. The third kappa shape index (κ3) is 3.48. The van der Waals surface area contributed by atoms with E-state index in [0.29, 0.717) is 0 Å². The fourth-order valence-corrected chi connectivity index (χ4v) is 1.81. The van der Waals surface area contributed by atoms with Crippen LogP contribution in [0.15, 0.2) is 22.7 Å². The molecule has 0 spiro atoms. The molecule has 0 saturated carbocycles. The van der Waals surface area contributed by atoms with Crippen LogP contribution in [0, 0.1) is 0 Å². The van der Waals surface area contributed by atoms with Crippen molar-refractivity contribution in [1.29, 1.82) is 0 Å². The molecule has 1 rings (SSSR count). The zero-order valence-corrected chi connectivity index (χ0v) is 9.91. The number of halogens is 1. The van der Waals surface area contributed by atoms with Crippen molar-refractivity contribution in [2.75, 3.05) is 29.6 Å². The minimum absolute atomic E-state index is 0.780. The van der Waals surface area contributed by atoms with E-state index < -0.39 is 0 Å². The molecular formula is C9H13BrN2S. The van der Waals surface area contributed by atoms with Crippen molar-refractivity contribution in [3.05, 3.63) is 22.7 Å². The van der Waals surface area contributed by atoms with Crippen LogP contribution in [-0.2, 0) is 0 Å². The van der Waals surface area contributed by atoms with Crippen LogP contribution in [0.2, 0.25) is 0 Å². The van der Waals surface area contributed by atoms with Gasteiger partial charge in [-0.3, -0.25) is 0 Å². The molecule has 3 N–H and O–H groups in total. The highest BCUT2D eigenvalue weighted by Crippen LogP contribution is 2.24. The first kappa shape index (κ1) is 10.7. The van der Waals surface area contributed by atoms with Crippen molar-refractivity contribution in [3.8, 4) is 0 Å². The molecule has 1 aromatic rings. The Morgan fingerprint density at radius 3 is 2.92 bits per heavy atom. The summed E-state index contributed by atoms with van der Waals surface area (Å²) in [6.07, 6.45) is 2.10. The zero-order valence-electron chi connectivity index (χ0n) is 7.51. The lowest BCUT2D eigenvalue weighted by atomic mass is 10.3. The van der Waals surface area contributed by atoms with E-state index in [4.69, 9.17) is 5.73 Å². The number of rotatable bonds is 4. The van der Waals surface area contributed by atoms with Gasteiger partial charge in [-0.1, -0.05) is 0 Å². The lowest BCUT2D eigenvalue weighted by molar-refractivity contribution is 1.23. The Balaban J connectivity index is 2.56. The van der Waals surface area contributed by atoms with Crippen LogP contribution in [0.1, 0.15) is 0 Å². The summed E-state index contributed by atoms with van der Waals surface area (Å²) in [5.41, 5.74) is 7.50. The number of anilines is 2. The predicted octanol–water partition coefficient (Wildman–Crippen LogP) is 2.81. The fraction of sp³-hybridized carbons (Fsp3) is 0.333. The number of thioether (sulfide) groups is 1. The highest BCUT2D eigenvalue weighted by Gasteiger charge is 1.98. The number of hydrogen-bond donors (Lipinski definition) is 2. The highest BCUT2D eigenvalue weighted by atomic mass is 79.9. The van der Waals surface area contributed by atoms with E-state index in [-0.39, 0.29) is 0 Å². The maximum Gasteiger partial charge on any atom is 0.0486 e. The van der Waals surface area contributed by atoms with Gasteiger partial charge in [0.15, 0.2) is 0 Å². The molecule has 0 aromatic heterocycles. The molecule has 0 radical (unpaired) electrons. The quantitative estimate of drug-likeness (QED) is 0.646.